The van der Waals surface area contributed by atoms with Gasteiger partial charge in [0, 0.05) is 12.1 Å². The molecule has 4 aliphatic rings. The van der Waals surface area contributed by atoms with Gasteiger partial charge in [0.05, 0.1) is 10.5 Å². The van der Waals surface area contributed by atoms with Crippen LogP contribution in [0.15, 0.2) is 59.5 Å². The van der Waals surface area contributed by atoms with Crippen LogP contribution >= 0.6 is 0 Å². The summed E-state index contributed by atoms with van der Waals surface area (Å²) in [6, 6.07) is 14.8. The topological polar surface area (TPSA) is 102 Å². The number of amides is 1. The average Bonchev–Trinajstić information content (AvgIpc) is 2.81. The zero-order chi connectivity index (χ0) is 23.8. The average molecular weight is 483 g/mol. The predicted octanol–water partition coefficient (Wildman–Crippen LogP) is 3.41. The van der Waals surface area contributed by atoms with E-state index in [-0.39, 0.29) is 35.1 Å². The summed E-state index contributed by atoms with van der Waals surface area (Å²) in [7, 11) is -3.81. The van der Waals surface area contributed by atoms with Gasteiger partial charge in [-0.05, 0) is 80.0 Å². The minimum absolute atomic E-state index is 0.0316. The Morgan fingerprint density at radius 2 is 1.56 bits per heavy atom. The molecule has 0 heterocycles. The van der Waals surface area contributed by atoms with Gasteiger partial charge in [0.25, 0.3) is 5.91 Å². The van der Waals surface area contributed by atoms with Crippen molar-refractivity contribution in [1.82, 2.24) is 10.0 Å². The number of benzene rings is 2. The lowest BCUT2D eigenvalue weighted by Crippen LogP contribution is -2.60. The molecule has 0 saturated heterocycles. The predicted molar refractivity (Wildman–Crippen MR) is 126 cm³/mol. The zero-order valence-electron chi connectivity index (χ0n) is 19.0. The van der Waals surface area contributed by atoms with Crippen molar-refractivity contribution in [2.24, 2.45) is 17.8 Å². The molecule has 0 radical (unpaired) electrons. The SMILES string of the molecule is O=C(COC(=O)c1cccc(S(=O)(=O)NCc2ccccc2)c1)NC12CC3CC(CC(C3)C1)C2. The summed E-state index contributed by atoms with van der Waals surface area (Å²) in [4.78, 5) is 25.1. The third kappa shape index (κ3) is 5.03. The molecule has 2 aromatic rings. The summed E-state index contributed by atoms with van der Waals surface area (Å²) in [6.07, 6.45) is 6.91. The number of hydrogen-bond donors (Lipinski definition) is 2. The third-order valence-corrected chi connectivity index (χ3v) is 8.87. The van der Waals surface area contributed by atoms with Crippen LogP contribution in [0.4, 0.5) is 0 Å². The van der Waals surface area contributed by atoms with Gasteiger partial charge in [-0.2, -0.15) is 0 Å². The molecule has 7 nitrogen and oxygen atoms in total. The molecule has 4 aliphatic carbocycles. The standard InChI is InChI=1S/C26H30N2O5S/c29-24(28-26-13-19-9-20(14-26)11-21(10-19)15-26)17-33-25(30)22-7-4-8-23(12-22)34(31,32)27-16-18-5-2-1-3-6-18/h1-8,12,19-21,27H,9-11,13-17H2,(H,28,29). The molecule has 6 rings (SSSR count). The van der Waals surface area contributed by atoms with Crippen LogP contribution in [-0.4, -0.2) is 32.4 Å². The molecular weight excluding hydrogens is 452 g/mol. The summed E-state index contributed by atoms with van der Waals surface area (Å²) >= 11 is 0. The van der Waals surface area contributed by atoms with Gasteiger partial charge < -0.3 is 10.1 Å². The van der Waals surface area contributed by atoms with Crippen LogP contribution in [0, 0.1) is 17.8 Å². The van der Waals surface area contributed by atoms with Crippen molar-refractivity contribution in [1.29, 1.82) is 0 Å². The first-order chi connectivity index (χ1) is 16.3. The smallest absolute Gasteiger partial charge is 0.338 e. The molecule has 0 unspecified atom stereocenters. The molecule has 180 valence electrons. The fraction of sp³-hybridized carbons (Fsp3) is 0.462. The van der Waals surface area contributed by atoms with E-state index in [0.29, 0.717) is 17.8 Å². The molecule has 0 aromatic heterocycles. The molecule has 2 N–H and O–H groups in total. The van der Waals surface area contributed by atoms with Crippen LogP contribution in [0.3, 0.4) is 0 Å². The Morgan fingerprint density at radius 3 is 2.21 bits per heavy atom. The number of nitrogens with one attached hydrogen (secondary N) is 2. The fourth-order valence-electron chi connectivity index (χ4n) is 6.46. The molecule has 4 saturated carbocycles. The third-order valence-electron chi connectivity index (χ3n) is 7.47. The van der Waals surface area contributed by atoms with Crippen LogP contribution in [0.5, 0.6) is 0 Å². The van der Waals surface area contributed by atoms with Crippen molar-refractivity contribution < 1.29 is 22.7 Å². The zero-order valence-corrected chi connectivity index (χ0v) is 19.9. The summed E-state index contributed by atoms with van der Waals surface area (Å²) in [5.74, 6) is 1.10. The van der Waals surface area contributed by atoms with E-state index in [2.05, 4.69) is 10.0 Å². The Balaban J connectivity index is 1.17. The molecular formula is C26H30N2O5S. The largest absolute Gasteiger partial charge is 0.452 e. The number of esters is 1. The Kier molecular flexibility index (Phi) is 6.20. The Bertz CT molecular complexity index is 1140. The van der Waals surface area contributed by atoms with Gasteiger partial charge in [-0.1, -0.05) is 36.4 Å². The Hall–Kier alpha value is -2.71. The molecule has 2 aromatic carbocycles. The van der Waals surface area contributed by atoms with Crippen molar-refractivity contribution in [3.05, 3.63) is 65.7 Å². The number of hydrogen-bond acceptors (Lipinski definition) is 5. The second-order valence-corrected chi connectivity index (χ2v) is 11.9. The van der Waals surface area contributed by atoms with Gasteiger partial charge in [0.2, 0.25) is 10.0 Å². The molecule has 4 fully saturated rings. The first-order valence-corrected chi connectivity index (χ1v) is 13.4. The first-order valence-electron chi connectivity index (χ1n) is 11.9. The highest BCUT2D eigenvalue weighted by Gasteiger charge is 2.51. The van der Waals surface area contributed by atoms with Crippen molar-refractivity contribution in [3.8, 4) is 0 Å². The Morgan fingerprint density at radius 1 is 0.912 bits per heavy atom. The van der Waals surface area contributed by atoms with Crippen molar-refractivity contribution in [2.75, 3.05) is 6.61 Å². The van der Waals surface area contributed by atoms with Crippen LogP contribution in [0.25, 0.3) is 0 Å². The van der Waals surface area contributed by atoms with Crippen LogP contribution in [0.1, 0.15) is 54.4 Å². The second kappa shape index (κ2) is 9.15. The maximum absolute atomic E-state index is 12.7. The lowest BCUT2D eigenvalue weighted by molar-refractivity contribution is -0.130. The minimum atomic E-state index is -3.81. The van der Waals surface area contributed by atoms with E-state index < -0.39 is 16.0 Å². The van der Waals surface area contributed by atoms with E-state index in [1.54, 1.807) is 0 Å². The van der Waals surface area contributed by atoms with Crippen molar-refractivity contribution >= 4 is 21.9 Å². The summed E-state index contributed by atoms with van der Waals surface area (Å²) < 4.78 is 33.1. The van der Waals surface area contributed by atoms with Gasteiger partial charge in [-0.3, -0.25) is 4.79 Å². The van der Waals surface area contributed by atoms with Gasteiger partial charge in [0.15, 0.2) is 6.61 Å². The molecule has 0 aliphatic heterocycles. The molecule has 34 heavy (non-hydrogen) atoms. The molecule has 0 spiro atoms. The van der Waals surface area contributed by atoms with Crippen LogP contribution < -0.4 is 10.0 Å². The molecule has 0 atom stereocenters. The van der Waals surface area contributed by atoms with Crippen molar-refractivity contribution in [3.63, 3.8) is 0 Å². The fourth-order valence-corrected chi connectivity index (χ4v) is 7.52. The van der Waals surface area contributed by atoms with Crippen LogP contribution in [-0.2, 0) is 26.1 Å². The number of carbonyl (C=O) groups excluding carboxylic acids is 2. The van der Waals surface area contributed by atoms with Gasteiger partial charge in [-0.15, -0.1) is 0 Å². The van der Waals surface area contributed by atoms with E-state index in [4.69, 9.17) is 4.74 Å². The highest BCUT2D eigenvalue weighted by atomic mass is 32.2. The van der Waals surface area contributed by atoms with E-state index in [9.17, 15) is 18.0 Å². The van der Waals surface area contributed by atoms with Gasteiger partial charge >= 0.3 is 5.97 Å². The number of rotatable bonds is 8. The Labute approximate surface area is 200 Å². The molecule has 4 bridgehead atoms. The van der Waals surface area contributed by atoms with E-state index in [1.165, 1.54) is 43.5 Å². The normalized spacial score (nSPS) is 27.4. The summed E-state index contributed by atoms with van der Waals surface area (Å²) in [5.41, 5.74) is 0.772. The van der Waals surface area contributed by atoms with Gasteiger partial charge in [0.1, 0.15) is 0 Å². The lowest BCUT2D eigenvalue weighted by atomic mass is 9.53. The maximum Gasteiger partial charge on any atom is 0.338 e. The van der Waals surface area contributed by atoms with E-state index in [1.807, 2.05) is 30.3 Å². The van der Waals surface area contributed by atoms with Crippen molar-refractivity contribution in [2.45, 2.75) is 55.5 Å². The molecule has 8 heteroatoms. The minimum Gasteiger partial charge on any atom is -0.452 e. The van der Waals surface area contributed by atoms with E-state index >= 15 is 0 Å². The summed E-state index contributed by atoms with van der Waals surface area (Å²) in [6.45, 7) is -0.230. The molecule has 1 amide bonds. The van der Waals surface area contributed by atoms with Crippen LogP contribution in [0.2, 0.25) is 0 Å². The summed E-state index contributed by atoms with van der Waals surface area (Å²) in [5, 5.41) is 3.18. The second-order valence-electron chi connectivity index (χ2n) is 10.2. The number of ether oxygens (including phenoxy) is 1. The maximum atomic E-state index is 12.7. The number of sulfonamides is 1. The highest BCUT2D eigenvalue weighted by Crippen LogP contribution is 2.55. The highest BCUT2D eigenvalue weighted by molar-refractivity contribution is 7.89. The number of carbonyl (C=O) groups is 2. The quantitative estimate of drug-likeness (QED) is 0.562. The first kappa shape index (κ1) is 23.1. The van der Waals surface area contributed by atoms with E-state index in [0.717, 1.165) is 24.8 Å². The van der Waals surface area contributed by atoms with Gasteiger partial charge in [-0.25, -0.2) is 17.9 Å². The lowest BCUT2D eigenvalue weighted by Gasteiger charge is -2.56. The monoisotopic (exact) mass is 482 g/mol.